The molecule has 2 aromatic rings. The summed E-state index contributed by atoms with van der Waals surface area (Å²) in [6.07, 6.45) is 4.80. The van der Waals surface area contributed by atoms with Gasteiger partial charge in [0.2, 0.25) is 5.95 Å². The van der Waals surface area contributed by atoms with Gasteiger partial charge in [-0.1, -0.05) is 0 Å². The minimum atomic E-state index is -0.719. The smallest absolute Gasteiger partial charge is 0.258 e. The van der Waals surface area contributed by atoms with Crippen LogP contribution in [0.5, 0.6) is 0 Å². The van der Waals surface area contributed by atoms with Crippen LogP contribution in [0.25, 0.3) is 0 Å². The van der Waals surface area contributed by atoms with E-state index in [2.05, 4.69) is 15.2 Å². The molecule has 1 aliphatic rings. The second-order valence-electron chi connectivity index (χ2n) is 5.23. The van der Waals surface area contributed by atoms with E-state index in [1.807, 2.05) is 11.6 Å². The molecule has 0 bridgehead atoms. The number of carbonyl (C=O) groups excluding carboxylic acids is 1. The van der Waals surface area contributed by atoms with Gasteiger partial charge < -0.3 is 9.47 Å². The molecule has 0 spiro atoms. The van der Waals surface area contributed by atoms with Crippen molar-refractivity contribution in [2.75, 3.05) is 13.1 Å². The Labute approximate surface area is 121 Å². The normalized spacial score (nSPS) is 18.8. The highest BCUT2D eigenvalue weighted by atomic mass is 19.1. The summed E-state index contributed by atoms with van der Waals surface area (Å²) in [5.41, 5.74) is 0.0242. The number of hydrogen-bond acceptors (Lipinski definition) is 4. The highest BCUT2D eigenvalue weighted by Crippen LogP contribution is 2.26. The predicted octanol–water partition coefficient (Wildman–Crippen LogP) is 1.37. The Hall–Kier alpha value is -2.31. The SMILES string of the molecule is Cn1cnnc1C1CCCN(C(=O)c2cccnc2F)C1. The van der Waals surface area contributed by atoms with Crippen molar-refractivity contribution >= 4 is 5.91 Å². The van der Waals surface area contributed by atoms with E-state index in [0.29, 0.717) is 13.1 Å². The lowest BCUT2D eigenvalue weighted by atomic mass is 9.96. The molecule has 1 amide bonds. The van der Waals surface area contributed by atoms with E-state index >= 15 is 0 Å². The third-order valence-electron chi connectivity index (χ3n) is 3.81. The molecule has 1 fully saturated rings. The summed E-state index contributed by atoms with van der Waals surface area (Å²) >= 11 is 0. The van der Waals surface area contributed by atoms with E-state index in [0.717, 1.165) is 18.7 Å². The molecule has 2 aromatic heterocycles. The molecule has 0 radical (unpaired) electrons. The van der Waals surface area contributed by atoms with E-state index in [1.54, 1.807) is 17.3 Å². The van der Waals surface area contributed by atoms with Crippen LogP contribution in [0.4, 0.5) is 4.39 Å². The first-order chi connectivity index (χ1) is 10.2. The number of hydrogen-bond donors (Lipinski definition) is 0. The average Bonchev–Trinajstić information content (AvgIpc) is 2.93. The molecule has 21 heavy (non-hydrogen) atoms. The molecule has 1 unspecified atom stereocenters. The quantitative estimate of drug-likeness (QED) is 0.783. The zero-order chi connectivity index (χ0) is 14.8. The Morgan fingerprint density at radius 3 is 3.05 bits per heavy atom. The van der Waals surface area contributed by atoms with E-state index in [4.69, 9.17) is 0 Å². The second-order valence-corrected chi connectivity index (χ2v) is 5.23. The zero-order valence-electron chi connectivity index (χ0n) is 11.7. The van der Waals surface area contributed by atoms with Gasteiger partial charge in [-0.05, 0) is 25.0 Å². The molecule has 0 aromatic carbocycles. The zero-order valence-corrected chi connectivity index (χ0v) is 11.7. The highest BCUT2D eigenvalue weighted by Gasteiger charge is 2.29. The molecule has 0 saturated carbocycles. The van der Waals surface area contributed by atoms with Crippen molar-refractivity contribution in [3.63, 3.8) is 0 Å². The third kappa shape index (κ3) is 2.63. The summed E-state index contributed by atoms with van der Waals surface area (Å²) in [7, 11) is 1.89. The first-order valence-electron chi connectivity index (χ1n) is 6.90. The Morgan fingerprint density at radius 1 is 1.48 bits per heavy atom. The van der Waals surface area contributed by atoms with Crippen molar-refractivity contribution in [2.45, 2.75) is 18.8 Å². The molecule has 1 aliphatic heterocycles. The number of piperidine rings is 1. The molecule has 1 saturated heterocycles. The monoisotopic (exact) mass is 289 g/mol. The van der Waals surface area contributed by atoms with Crippen LogP contribution in [-0.2, 0) is 7.05 Å². The number of rotatable bonds is 2. The molecular weight excluding hydrogens is 273 g/mol. The van der Waals surface area contributed by atoms with Gasteiger partial charge in [-0.15, -0.1) is 10.2 Å². The minimum absolute atomic E-state index is 0.0242. The van der Waals surface area contributed by atoms with Crippen molar-refractivity contribution in [1.82, 2.24) is 24.6 Å². The van der Waals surface area contributed by atoms with Crippen molar-refractivity contribution in [1.29, 1.82) is 0 Å². The maximum atomic E-state index is 13.6. The number of halogens is 1. The fraction of sp³-hybridized carbons (Fsp3) is 0.429. The maximum Gasteiger partial charge on any atom is 0.258 e. The lowest BCUT2D eigenvalue weighted by molar-refractivity contribution is 0.0697. The van der Waals surface area contributed by atoms with Gasteiger partial charge in [0.15, 0.2) is 0 Å². The van der Waals surface area contributed by atoms with E-state index in [-0.39, 0.29) is 17.4 Å². The van der Waals surface area contributed by atoms with Crippen LogP contribution >= 0.6 is 0 Å². The lowest BCUT2D eigenvalue weighted by Gasteiger charge is -2.32. The van der Waals surface area contributed by atoms with Gasteiger partial charge in [0.05, 0.1) is 5.56 Å². The number of aryl methyl sites for hydroxylation is 1. The van der Waals surface area contributed by atoms with Crippen LogP contribution in [0.3, 0.4) is 0 Å². The predicted molar refractivity (Wildman–Crippen MR) is 73.1 cm³/mol. The number of likely N-dealkylation sites (tertiary alicyclic amines) is 1. The third-order valence-corrected chi connectivity index (χ3v) is 3.81. The van der Waals surface area contributed by atoms with Crippen LogP contribution in [-0.4, -0.2) is 43.6 Å². The van der Waals surface area contributed by atoms with Gasteiger partial charge in [-0.3, -0.25) is 4.79 Å². The molecule has 3 rings (SSSR count). The fourth-order valence-corrected chi connectivity index (χ4v) is 2.75. The molecular formula is C14H16FN5O. The molecule has 110 valence electrons. The number of amides is 1. The number of pyridine rings is 1. The molecule has 1 atom stereocenters. The van der Waals surface area contributed by atoms with Crippen molar-refractivity contribution < 1.29 is 9.18 Å². The number of carbonyl (C=O) groups is 1. The summed E-state index contributed by atoms with van der Waals surface area (Å²) in [5, 5.41) is 7.99. The largest absolute Gasteiger partial charge is 0.338 e. The first kappa shape index (κ1) is 13.7. The summed E-state index contributed by atoms with van der Waals surface area (Å²) in [5.74, 6) is -0.0372. The van der Waals surface area contributed by atoms with Crippen molar-refractivity contribution in [3.05, 3.63) is 42.0 Å². The van der Waals surface area contributed by atoms with E-state index < -0.39 is 5.95 Å². The number of nitrogens with zero attached hydrogens (tertiary/aromatic N) is 5. The lowest BCUT2D eigenvalue weighted by Crippen LogP contribution is -2.40. The average molecular weight is 289 g/mol. The van der Waals surface area contributed by atoms with Gasteiger partial charge in [-0.25, -0.2) is 4.98 Å². The summed E-state index contributed by atoms with van der Waals surface area (Å²) in [6, 6.07) is 3.04. The van der Waals surface area contributed by atoms with Crippen molar-refractivity contribution in [2.24, 2.45) is 7.05 Å². The molecule has 0 aliphatic carbocycles. The van der Waals surface area contributed by atoms with E-state index in [1.165, 1.54) is 12.3 Å². The summed E-state index contributed by atoms with van der Waals surface area (Å²) in [4.78, 5) is 17.6. The summed E-state index contributed by atoms with van der Waals surface area (Å²) in [6.45, 7) is 1.15. The van der Waals surface area contributed by atoms with Crippen LogP contribution < -0.4 is 0 Å². The highest BCUT2D eigenvalue weighted by molar-refractivity contribution is 5.94. The molecule has 3 heterocycles. The van der Waals surface area contributed by atoms with Crippen molar-refractivity contribution in [3.8, 4) is 0 Å². The molecule has 0 N–H and O–H groups in total. The molecule has 6 nitrogen and oxygen atoms in total. The fourth-order valence-electron chi connectivity index (χ4n) is 2.75. The first-order valence-corrected chi connectivity index (χ1v) is 6.90. The van der Waals surface area contributed by atoms with Gasteiger partial charge in [0.25, 0.3) is 5.91 Å². The second kappa shape index (κ2) is 5.59. The molecule has 7 heteroatoms. The van der Waals surface area contributed by atoms with Crippen LogP contribution in [0.15, 0.2) is 24.7 Å². The van der Waals surface area contributed by atoms with Gasteiger partial charge in [-0.2, -0.15) is 4.39 Å². The summed E-state index contributed by atoms with van der Waals surface area (Å²) < 4.78 is 15.5. The maximum absolute atomic E-state index is 13.6. The van der Waals surface area contributed by atoms with Crippen LogP contribution in [0, 0.1) is 5.95 Å². The Bertz CT molecular complexity index is 656. The van der Waals surface area contributed by atoms with Crippen LogP contribution in [0.2, 0.25) is 0 Å². The number of aromatic nitrogens is 4. The Balaban J connectivity index is 1.79. The van der Waals surface area contributed by atoms with Gasteiger partial charge in [0.1, 0.15) is 12.2 Å². The van der Waals surface area contributed by atoms with E-state index in [9.17, 15) is 9.18 Å². The minimum Gasteiger partial charge on any atom is -0.338 e. The Morgan fingerprint density at radius 2 is 2.33 bits per heavy atom. The topological polar surface area (TPSA) is 63.9 Å². The van der Waals surface area contributed by atoms with Crippen LogP contribution in [0.1, 0.15) is 34.9 Å². The van der Waals surface area contributed by atoms with Gasteiger partial charge in [0, 0.05) is 32.3 Å². The van der Waals surface area contributed by atoms with Gasteiger partial charge >= 0.3 is 0 Å². The standard InChI is InChI=1S/C14H16FN5O/c1-19-9-17-18-13(19)10-4-3-7-20(8-10)14(21)11-5-2-6-16-12(11)15/h2,5-6,9-10H,3-4,7-8H2,1H3. The Kier molecular flexibility index (Phi) is 3.64.